The topological polar surface area (TPSA) is 44.1 Å². The Labute approximate surface area is 180 Å². The summed E-state index contributed by atoms with van der Waals surface area (Å²) in [6.07, 6.45) is -5.58. The van der Waals surface area contributed by atoms with Gasteiger partial charge in [0.15, 0.2) is 0 Å². The summed E-state index contributed by atoms with van der Waals surface area (Å²) in [6.45, 7) is 1.76. The minimum atomic E-state index is -4.58. The monoisotopic (exact) mass is 444 g/mol. The second-order valence-electron chi connectivity index (χ2n) is 7.36. The highest BCUT2D eigenvalue weighted by Gasteiger charge is 2.35. The molecule has 0 atom stereocenters. The summed E-state index contributed by atoms with van der Waals surface area (Å²) in [5.74, 6) is -0.298. The van der Waals surface area contributed by atoms with E-state index < -0.39 is 17.9 Å². The molecule has 3 aromatic rings. The van der Waals surface area contributed by atoms with Gasteiger partial charge in [-0.1, -0.05) is 24.3 Å². The van der Waals surface area contributed by atoms with Crippen LogP contribution in [0.15, 0.2) is 47.8 Å². The van der Waals surface area contributed by atoms with Crippen LogP contribution in [0.1, 0.15) is 26.4 Å². The number of carbonyl (C=O) groups is 1. The van der Waals surface area contributed by atoms with Gasteiger partial charge in [-0.25, -0.2) is 4.39 Å². The number of hydrogen-bond acceptors (Lipinski definition) is 3. The Morgan fingerprint density at radius 3 is 2.29 bits per heavy atom. The van der Waals surface area contributed by atoms with Crippen LogP contribution in [0.25, 0.3) is 22.3 Å². The molecule has 3 nitrogen and oxygen atoms in total. The van der Waals surface area contributed by atoms with E-state index in [2.05, 4.69) is 0 Å². The lowest BCUT2D eigenvalue weighted by Gasteiger charge is -2.34. The third kappa shape index (κ3) is 3.93. The van der Waals surface area contributed by atoms with E-state index in [0.717, 1.165) is 17.4 Å². The number of nitriles is 1. The van der Waals surface area contributed by atoms with Gasteiger partial charge in [0, 0.05) is 10.9 Å². The maximum Gasteiger partial charge on any atom is 0.417 e. The molecule has 0 N–H and O–H groups in total. The normalized spacial score (nSPS) is 14.3. The van der Waals surface area contributed by atoms with Crippen LogP contribution in [0.5, 0.6) is 0 Å². The molecule has 0 spiro atoms. The fourth-order valence-electron chi connectivity index (χ4n) is 3.56. The molecule has 1 saturated heterocycles. The molecule has 2 aromatic carbocycles. The van der Waals surface area contributed by atoms with Crippen LogP contribution in [0, 0.1) is 18.3 Å². The van der Waals surface area contributed by atoms with Crippen molar-refractivity contribution in [1.82, 2.24) is 4.90 Å². The highest BCUT2D eigenvalue weighted by molar-refractivity contribution is 7.11. The minimum Gasteiger partial charge on any atom is -0.333 e. The number of hydrogen-bond donors (Lipinski definition) is 0. The Balaban J connectivity index is 1.69. The SMILES string of the molecule is Cc1c(-c2ccc(-c3ccc(C(=O)N4CC(F)C4)cc3)cc2C(F)(F)F)csc1C#N. The maximum absolute atomic E-state index is 13.8. The van der Waals surface area contributed by atoms with Crippen LogP contribution in [0.2, 0.25) is 0 Å². The van der Waals surface area contributed by atoms with Crippen LogP contribution < -0.4 is 0 Å². The Hall–Kier alpha value is -3.18. The second kappa shape index (κ2) is 7.82. The van der Waals surface area contributed by atoms with E-state index in [1.807, 2.05) is 6.07 Å². The van der Waals surface area contributed by atoms with Gasteiger partial charge in [0.05, 0.1) is 18.7 Å². The molecule has 0 radical (unpaired) electrons. The molecule has 0 saturated carbocycles. The van der Waals surface area contributed by atoms with Crippen LogP contribution in [-0.2, 0) is 6.18 Å². The van der Waals surface area contributed by atoms with Gasteiger partial charge in [-0.3, -0.25) is 4.79 Å². The average molecular weight is 444 g/mol. The molecule has 4 rings (SSSR count). The van der Waals surface area contributed by atoms with E-state index in [1.54, 1.807) is 30.5 Å². The van der Waals surface area contributed by atoms with E-state index in [1.165, 1.54) is 23.1 Å². The van der Waals surface area contributed by atoms with Crippen molar-refractivity contribution in [2.24, 2.45) is 0 Å². The van der Waals surface area contributed by atoms with E-state index in [0.29, 0.717) is 32.7 Å². The number of amides is 1. The lowest BCUT2D eigenvalue weighted by Crippen LogP contribution is -2.51. The average Bonchev–Trinajstić information content (AvgIpc) is 3.10. The smallest absolute Gasteiger partial charge is 0.333 e. The molecule has 1 aliphatic rings. The number of carbonyl (C=O) groups excluding carboxylic acids is 1. The quantitative estimate of drug-likeness (QED) is 0.460. The van der Waals surface area contributed by atoms with Crippen LogP contribution in [0.4, 0.5) is 17.6 Å². The number of halogens is 4. The van der Waals surface area contributed by atoms with Gasteiger partial charge in [-0.2, -0.15) is 18.4 Å². The molecule has 0 unspecified atom stereocenters. The van der Waals surface area contributed by atoms with Crippen molar-refractivity contribution in [3.8, 4) is 28.3 Å². The zero-order valence-electron chi connectivity index (χ0n) is 16.3. The standard InChI is InChI=1S/C23H16F4N2OS/c1-13-19(12-31-21(13)9-28)18-7-6-16(8-20(18)23(25,26)27)14-2-4-15(5-3-14)22(30)29-10-17(24)11-29/h2-8,12,17H,10-11H2,1H3. The van der Waals surface area contributed by atoms with Crippen molar-refractivity contribution in [1.29, 1.82) is 5.26 Å². The molecule has 2 heterocycles. The van der Waals surface area contributed by atoms with Crippen LogP contribution >= 0.6 is 11.3 Å². The van der Waals surface area contributed by atoms with Crippen LogP contribution in [0.3, 0.4) is 0 Å². The first-order chi connectivity index (χ1) is 14.7. The van der Waals surface area contributed by atoms with Gasteiger partial charge >= 0.3 is 6.18 Å². The van der Waals surface area contributed by atoms with E-state index in [4.69, 9.17) is 5.26 Å². The number of nitrogens with zero attached hydrogens (tertiary/aromatic N) is 2. The number of rotatable bonds is 3. The first kappa shape index (κ1) is 21.1. The zero-order chi connectivity index (χ0) is 22.3. The first-order valence-electron chi connectivity index (χ1n) is 9.42. The van der Waals surface area contributed by atoms with Crippen molar-refractivity contribution in [2.75, 3.05) is 13.1 Å². The van der Waals surface area contributed by atoms with E-state index in [-0.39, 0.29) is 24.6 Å². The van der Waals surface area contributed by atoms with E-state index >= 15 is 0 Å². The predicted octanol–water partition coefficient (Wildman–Crippen LogP) is 6.07. The Bertz CT molecular complexity index is 1190. The minimum absolute atomic E-state index is 0.0249. The Morgan fingerprint density at radius 2 is 1.74 bits per heavy atom. The van der Waals surface area contributed by atoms with Gasteiger partial charge in [-0.15, -0.1) is 11.3 Å². The fraction of sp³-hybridized carbons (Fsp3) is 0.217. The molecule has 1 aliphatic heterocycles. The lowest BCUT2D eigenvalue weighted by atomic mass is 9.93. The third-order valence-corrected chi connectivity index (χ3v) is 6.33. The number of likely N-dealkylation sites (tertiary alicyclic amines) is 1. The molecule has 31 heavy (non-hydrogen) atoms. The molecular weight excluding hydrogens is 428 g/mol. The molecule has 0 aliphatic carbocycles. The molecule has 0 bridgehead atoms. The van der Waals surface area contributed by atoms with Crippen LogP contribution in [-0.4, -0.2) is 30.1 Å². The summed E-state index contributed by atoms with van der Waals surface area (Å²) >= 11 is 1.12. The Kier molecular flexibility index (Phi) is 5.31. The summed E-state index contributed by atoms with van der Waals surface area (Å²) in [4.78, 5) is 14.0. The van der Waals surface area contributed by atoms with Crippen molar-refractivity contribution in [2.45, 2.75) is 19.3 Å². The largest absolute Gasteiger partial charge is 0.417 e. The number of thiophene rings is 1. The second-order valence-corrected chi connectivity index (χ2v) is 8.24. The molecule has 1 fully saturated rings. The van der Waals surface area contributed by atoms with Crippen molar-refractivity contribution < 1.29 is 22.4 Å². The van der Waals surface area contributed by atoms with Crippen molar-refractivity contribution in [3.63, 3.8) is 0 Å². The third-order valence-electron chi connectivity index (χ3n) is 5.35. The summed E-state index contributed by atoms with van der Waals surface area (Å²) < 4.78 is 54.5. The molecule has 8 heteroatoms. The molecule has 158 valence electrons. The zero-order valence-corrected chi connectivity index (χ0v) is 17.1. The van der Waals surface area contributed by atoms with Gasteiger partial charge in [0.2, 0.25) is 0 Å². The molecular formula is C23H16F4N2OS. The van der Waals surface area contributed by atoms with Crippen molar-refractivity contribution >= 4 is 17.2 Å². The molecule has 1 amide bonds. The fourth-order valence-corrected chi connectivity index (χ4v) is 4.44. The van der Waals surface area contributed by atoms with Gasteiger partial charge in [0.1, 0.15) is 17.1 Å². The van der Waals surface area contributed by atoms with E-state index in [9.17, 15) is 22.4 Å². The van der Waals surface area contributed by atoms with Crippen molar-refractivity contribution in [3.05, 3.63) is 69.4 Å². The van der Waals surface area contributed by atoms with Gasteiger partial charge in [0.25, 0.3) is 5.91 Å². The summed E-state index contributed by atoms with van der Waals surface area (Å²) in [5, 5.41) is 10.7. The highest BCUT2D eigenvalue weighted by atomic mass is 32.1. The number of alkyl halides is 4. The lowest BCUT2D eigenvalue weighted by molar-refractivity contribution is -0.137. The molecule has 1 aromatic heterocycles. The van der Waals surface area contributed by atoms with Gasteiger partial charge in [-0.05, 0) is 52.9 Å². The number of benzene rings is 2. The summed E-state index contributed by atoms with van der Waals surface area (Å²) in [6, 6.07) is 12.3. The summed E-state index contributed by atoms with van der Waals surface area (Å²) in [5.41, 5.74) is 1.40. The van der Waals surface area contributed by atoms with Gasteiger partial charge < -0.3 is 4.90 Å². The predicted molar refractivity (Wildman–Crippen MR) is 110 cm³/mol. The first-order valence-corrected chi connectivity index (χ1v) is 10.3. The maximum atomic E-state index is 13.8. The highest BCUT2D eigenvalue weighted by Crippen LogP contribution is 2.42. The summed E-state index contributed by atoms with van der Waals surface area (Å²) in [7, 11) is 0. The Morgan fingerprint density at radius 1 is 1.10 bits per heavy atom.